The summed E-state index contributed by atoms with van der Waals surface area (Å²) in [4.78, 5) is 10.4. The Balaban J connectivity index is 2.16. The minimum absolute atomic E-state index is 0.156. The van der Waals surface area contributed by atoms with E-state index in [1.54, 1.807) is 0 Å². The van der Waals surface area contributed by atoms with Crippen LogP contribution < -0.4 is 5.32 Å². The van der Waals surface area contributed by atoms with Crippen LogP contribution in [-0.2, 0) is 10.0 Å². The Kier molecular flexibility index (Phi) is 4.90. The summed E-state index contributed by atoms with van der Waals surface area (Å²) < 4.78 is 26.6. The van der Waals surface area contributed by atoms with E-state index in [2.05, 4.69) is 20.2 Å². The SMILES string of the molecule is CCNc1ncc(S(=O)(=O)N2CCCN(C)CC2)cn1. The van der Waals surface area contributed by atoms with Gasteiger partial charge in [-0.05, 0) is 26.9 Å². The summed E-state index contributed by atoms with van der Waals surface area (Å²) in [7, 11) is -1.48. The molecule has 1 N–H and O–H groups in total. The highest BCUT2D eigenvalue weighted by atomic mass is 32.2. The number of nitrogens with one attached hydrogen (secondary N) is 1. The van der Waals surface area contributed by atoms with Crippen molar-refractivity contribution in [3.63, 3.8) is 0 Å². The number of aromatic nitrogens is 2. The van der Waals surface area contributed by atoms with Crippen LogP contribution in [0.3, 0.4) is 0 Å². The van der Waals surface area contributed by atoms with Crippen LogP contribution in [0, 0.1) is 0 Å². The Labute approximate surface area is 120 Å². The van der Waals surface area contributed by atoms with Gasteiger partial charge in [-0.1, -0.05) is 0 Å². The van der Waals surface area contributed by atoms with E-state index in [9.17, 15) is 8.42 Å². The van der Waals surface area contributed by atoms with E-state index in [1.165, 1.54) is 16.7 Å². The molecule has 0 amide bonds. The molecule has 0 aliphatic carbocycles. The second-order valence-electron chi connectivity index (χ2n) is 4.83. The summed E-state index contributed by atoms with van der Waals surface area (Å²) in [6.07, 6.45) is 3.58. The van der Waals surface area contributed by atoms with Crippen molar-refractivity contribution in [2.45, 2.75) is 18.2 Å². The minimum Gasteiger partial charge on any atom is -0.355 e. The summed E-state index contributed by atoms with van der Waals surface area (Å²) in [5, 5.41) is 2.94. The smallest absolute Gasteiger partial charge is 0.246 e. The van der Waals surface area contributed by atoms with E-state index in [0.717, 1.165) is 19.5 Å². The molecule has 1 aliphatic rings. The molecular weight excluding hydrogens is 278 g/mol. The molecule has 20 heavy (non-hydrogen) atoms. The van der Waals surface area contributed by atoms with Crippen LogP contribution in [0.5, 0.6) is 0 Å². The Morgan fingerprint density at radius 3 is 2.55 bits per heavy atom. The van der Waals surface area contributed by atoms with Crippen molar-refractivity contribution in [3.8, 4) is 0 Å². The number of likely N-dealkylation sites (N-methyl/N-ethyl adjacent to an activating group) is 1. The highest BCUT2D eigenvalue weighted by Gasteiger charge is 2.26. The van der Waals surface area contributed by atoms with Crippen molar-refractivity contribution in [1.29, 1.82) is 0 Å². The van der Waals surface area contributed by atoms with Gasteiger partial charge >= 0.3 is 0 Å². The van der Waals surface area contributed by atoms with Crippen LogP contribution in [0.2, 0.25) is 0 Å². The number of hydrogen-bond acceptors (Lipinski definition) is 6. The summed E-state index contributed by atoms with van der Waals surface area (Å²) in [5.74, 6) is 0.446. The fourth-order valence-electron chi connectivity index (χ4n) is 2.11. The van der Waals surface area contributed by atoms with Gasteiger partial charge in [0.25, 0.3) is 0 Å². The van der Waals surface area contributed by atoms with Gasteiger partial charge in [0.05, 0.1) is 12.4 Å². The van der Waals surface area contributed by atoms with E-state index < -0.39 is 10.0 Å². The van der Waals surface area contributed by atoms with Gasteiger partial charge in [-0.3, -0.25) is 0 Å². The van der Waals surface area contributed by atoms with E-state index in [4.69, 9.17) is 0 Å². The second kappa shape index (κ2) is 6.47. The van der Waals surface area contributed by atoms with E-state index in [1.807, 2.05) is 14.0 Å². The van der Waals surface area contributed by atoms with Crippen LogP contribution in [0.25, 0.3) is 0 Å². The Hall–Kier alpha value is -1.25. The quantitative estimate of drug-likeness (QED) is 0.858. The van der Waals surface area contributed by atoms with Gasteiger partial charge in [-0.15, -0.1) is 0 Å². The van der Waals surface area contributed by atoms with E-state index in [-0.39, 0.29) is 4.90 Å². The lowest BCUT2D eigenvalue weighted by Crippen LogP contribution is -2.34. The molecule has 0 saturated carbocycles. The molecular formula is C12H21N5O2S. The van der Waals surface area contributed by atoms with Crippen molar-refractivity contribution >= 4 is 16.0 Å². The average Bonchev–Trinajstić information content (AvgIpc) is 2.65. The number of nitrogens with zero attached hydrogens (tertiary/aromatic N) is 4. The van der Waals surface area contributed by atoms with Crippen LogP contribution in [-0.4, -0.2) is 67.4 Å². The van der Waals surface area contributed by atoms with Gasteiger partial charge < -0.3 is 10.2 Å². The number of sulfonamides is 1. The highest BCUT2D eigenvalue weighted by molar-refractivity contribution is 7.89. The normalized spacial score (nSPS) is 18.7. The zero-order valence-corrected chi connectivity index (χ0v) is 12.7. The topological polar surface area (TPSA) is 78.4 Å². The summed E-state index contributed by atoms with van der Waals surface area (Å²) in [6.45, 7) is 5.35. The molecule has 0 atom stereocenters. The largest absolute Gasteiger partial charge is 0.355 e. The molecule has 0 bridgehead atoms. The lowest BCUT2D eigenvalue weighted by atomic mass is 10.4. The first-order valence-corrected chi connectivity index (χ1v) is 8.22. The molecule has 1 aromatic rings. The summed E-state index contributed by atoms with van der Waals surface area (Å²) in [5.41, 5.74) is 0. The van der Waals surface area contributed by atoms with Crippen LogP contribution in [0.15, 0.2) is 17.3 Å². The minimum atomic E-state index is -3.49. The molecule has 0 spiro atoms. The first-order chi connectivity index (χ1) is 9.54. The van der Waals surface area contributed by atoms with Gasteiger partial charge in [0.2, 0.25) is 16.0 Å². The van der Waals surface area contributed by atoms with Crippen LogP contribution in [0.1, 0.15) is 13.3 Å². The Morgan fingerprint density at radius 1 is 1.20 bits per heavy atom. The molecule has 0 radical (unpaired) electrons. The maximum absolute atomic E-state index is 12.5. The van der Waals surface area contributed by atoms with Crippen molar-refractivity contribution in [3.05, 3.63) is 12.4 Å². The maximum atomic E-state index is 12.5. The third-order valence-electron chi connectivity index (χ3n) is 3.28. The van der Waals surface area contributed by atoms with Gasteiger partial charge in [-0.25, -0.2) is 18.4 Å². The molecule has 1 fully saturated rings. The van der Waals surface area contributed by atoms with Gasteiger partial charge in [0.15, 0.2) is 0 Å². The summed E-state index contributed by atoms with van der Waals surface area (Å²) >= 11 is 0. The second-order valence-corrected chi connectivity index (χ2v) is 6.77. The van der Waals surface area contributed by atoms with Gasteiger partial charge in [-0.2, -0.15) is 4.31 Å². The fraction of sp³-hybridized carbons (Fsp3) is 0.667. The van der Waals surface area contributed by atoms with Gasteiger partial charge in [0, 0.05) is 26.2 Å². The monoisotopic (exact) mass is 299 g/mol. The zero-order chi connectivity index (χ0) is 14.6. The molecule has 1 aromatic heterocycles. The van der Waals surface area contributed by atoms with Crippen molar-refractivity contribution < 1.29 is 8.42 Å². The summed E-state index contributed by atoms with van der Waals surface area (Å²) in [6, 6.07) is 0. The lowest BCUT2D eigenvalue weighted by Gasteiger charge is -2.19. The molecule has 1 aliphatic heterocycles. The third-order valence-corrected chi connectivity index (χ3v) is 5.13. The first kappa shape index (κ1) is 15.1. The molecule has 0 aromatic carbocycles. The molecule has 7 nitrogen and oxygen atoms in total. The molecule has 112 valence electrons. The molecule has 2 rings (SSSR count). The molecule has 8 heteroatoms. The Morgan fingerprint density at radius 2 is 1.90 bits per heavy atom. The molecule has 1 saturated heterocycles. The predicted molar refractivity (Wildman–Crippen MR) is 77.1 cm³/mol. The maximum Gasteiger partial charge on any atom is 0.246 e. The lowest BCUT2D eigenvalue weighted by molar-refractivity contribution is 0.347. The molecule has 2 heterocycles. The average molecular weight is 299 g/mol. The third kappa shape index (κ3) is 3.44. The Bertz CT molecular complexity index is 531. The number of hydrogen-bond donors (Lipinski definition) is 1. The standard InChI is InChI=1S/C12H21N5O2S/c1-3-13-12-14-9-11(10-15-12)20(18,19)17-6-4-5-16(2)7-8-17/h9-10H,3-8H2,1-2H3,(H,13,14,15). The zero-order valence-electron chi connectivity index (χ0n) is 11.9. The number of anilines is 1. The van der Waals surface area contributed by atoms with Gasteiger partial charge in [0.1, 0.15) is 4.90 Å². The fourth-order valence-corrected chi connectivity index (χ4v) is 3.47. The van der Waals surface area contributed by atoms with Crippen molar-refractivity contribution in [2.24, 2.45) is 0 Å². The highest BCUT2D eigenvalue weighted by Crippen LogP contribution is 2.16. The first-order valence-electron chi connectivity index (χ1n) is 6.78. The van der Waals surface area contributed by atoms with Crippen molar-refractivity contribution in [1.82, 2.24) is 19.2 Å². The van der Waals surface area contributed by atoms with E-state index in [0.29, 0.717) is 25.6 Å². The molecule has 0 unspecified atom stereocenters. The van der Waals surface area contributed by atoms with Crippen LogP contribution >= 0.6 is 0 Å². The number of rotatable bonds is 4. The van der Waals surface area contributed by atoms with Crippen molar-refractivity contribution in [2.75, 3.05) is 45.1 Å². The van der Waals surface area contributed by atoms with E-state index >= 15 is 0 Å². The predicted octanol–water partition coefficient (Wildman–Crippen LogP) is 0.235. The van der Waals surface area contributed by atoms with Crippen LogP contribution in [0.4, 0.5) is 5.95 Å².